The maximum Gasteiger partial charge on any atom is 0.332 e. The largest absolute Gasteiger partial charge is 0.443 e. The van der Waals surface area contributed by atoms with E-state index in [4.69, 9.17) is 16.3 Å². The number of hydrogen-bond donors (Lipinski definition) is 0. The van der Waals surface area contributed by atoms with Gasteiger partial charge >= 0.3 is 5.97 Å². The Labute approximate surface area is 121 Å². The van der Waals surface area contributed by atoms with E-state index in [-0.39, 0.29) is 0 Å². The van der Waals surface area contributed by atoms with E-state index < -0.39 is 11.5 Å². The van der Waals surface area contributed by atoms with Crippen molar-refractivity contribution < 1.29 is 9.53 Å². The second-order valence-corrected chi connectivity index (χ2v) is 5.28. The molecule has 18 heavy (non-hydrogen) atoms. The second kappa shape index (κ2) is 8.33. The van der Waals surface area contributed by atoms with Crippen LogP contribution in [0.2, 0.25) is 0 Å². The van der Waals surface area contributed by atoms with Gasteiger partial charge < -0.3 is 4.74 Å². The van der Waals surface area contributed by atoms with Crippen LogP contribution < -0.4 is 0 Å². The third-order valence-electron chi connectivity index (χ3n) is 2.31. The molecule has 0 aliphatic rings. The Kier molecular flexibility index (Phi) is 7.06. The summed E-state index contributed by atoms with van der Waals surface area (Å²) in [6.07, 6.45) is 5.78. The van der Waals surface area contributed by atoms with Gasteiger partial charge in [0.1, 0.15) is 0 Å². The molecule has 0 N–H and O–H groups in total. The van der Waals surface area contributed by atoms with Crippen molar-refractivity contribution in [3.8, 4) is 0 Å². The summed E-state index contributed by atoms with van der Waals surface area (Å²) >= 11 is 9.22. The van der Waals surface area contributed by atoms with Gasteiger partial charge in [0.25, 0.3) is 0 Å². The summed E-state index contributed by atoms with van der Waals surface area (Å²) in [5.74, 6) is -0.408. The number of carbonyl (C=O) groups is 1. The van der Waals surface area contributed by atoms with E-state index in [0.717, 1.165) is 22.9 Å². The lowest BCUT2D eigenvalue weighted by molar-refractivity contribution is -0.139. The van der Waals surface area contributed by atoms with E-state index in [2.05, 4.69) is 22.9 Å². The van der Waals surface area contributed by atoms with Gasteiger partial charge in [-0.3, -0.25) is 0 Å². The molecule has 0 heterocycles. The first-order valence-corrected chi connectivity index (χ1v) is 7.13. The topological polar surface area (TPSA) is 26.3 Å². The molecule has 0 saturated carbocycles. The van der Waals surface area contributed by atoms with Crippen molar-refractivity contribution in [2.75, 3.05) is 0 Å². The van der Waals surface area contributed by atoms with Crippen LogP contribution in [-0.4, -0.2) is 11.5 Å². The van der Waals surface area contributed by atoms with Crippen LogP contribution in [0.4, 0.5) is 0 Å². The second-order valence-electron chi connectivity index (χ2n) is 3.87. The van der Waals surface area contributed by atoms with Crippen molar-refractivity contribution in [3.05, 3.63) is 40.4 Å². The molecule has 1 rings (SSSR count). The van der Waals surface area contributed by atoms with Crippen molar-refractivity contribution in [2.24, 2.45) is 0 Å². The summed E-state index contributed by atoms with van der Waals surface area (Å²) in [5, 5.41) is 0. The van der Waals surface area contributed by atoms with Crippen molar-refractivity contribution in [3.63, 3.8) is 0 Å². The van der Waals surface area contributed by atoms with Crippen molar-refractivity contribution in [1.29, 1.82) is 0 Å². The lowest BCUT2D eigenvalue weighted by Gasteiger charge is -2.08. The van der Waals surface area contributed by atoms with Gasteiger partial charge in [0.2, 0.25) is 0 Å². The Morgan fingerprint density at radius 3 is 2.72 bits per heavy atom. The zero-order chi connectivity index (χ0) is 13.4. The Bertz CT molecular complexity index is 401. The van der Waals surface area contributed by atoms with E-state index in [1.54, 1.807) is 6.08 Å². The van der Waals surface area contributed by atoms with Crippen LogP contribution >= 0.6 is 27.5 Å². The standard InChI is InChI=1S/C14H16BrClO2/c1-2-3-4-13(16)18-14(17)10-7-11-5-8-12(15)9-6-11/h5-10,13H,2-4H2,1H3/b10-7+. The predicted octanol–water partition coefficient (Wildman–Crippen LogP) is 4.76. The minimum atomic E-state index is -0.535. The summed E-state index contributed by atoms with van der Waals surface area (Å²) < 4.78 is 6.03. The highest BCUT2D eigenvalue weighted by atomic mass is 79.9. The summed E-state index contributed by atoms with van der Waals surface area (Å²) in [4.78, 5) is 11.5. The third-order valence-corrected chi connectivity index (χ3v) is 3.15. The van der Waals surface area contributed by atoms with Gasteiger partial charge in [-0.05, 0) is 36.6 Å². The number of ether oxygens (including phenoxy) is 1. The maximum absolute atomic E-state index is 11.5. The number of halogens is 2. The van der Waals surface area contributed by atoms with E-state index in [9.17, 15) is 4.79 Å². The smallest absolute Gasteiger partial charge is 0.332 e. The Morgan fingerprint density at radius 1 is 1.44 bits per heavy atom. The first-order chi connectivity index (χ1) is 8.61. The van der Waals surface area contributed by atoms with E-state index in [1.165, 1.54) is 6.08 Å². The number of unbranched alkanes of at least 4 members (excludes halogenated alkanes) is 1. The number of carbonyl (C=O) groups excluding carboxylic acids is 1. The molecule has 0 aromatic heterocycles. The summed E-state index contributed by atoms with van der Waals surface area (Å²) in [7, 11) is 0. The van der Waals surface area contributed by atoms with Crippen LogP contribution in [0, 0.1) is 0 Å². The summed E-state index contributed by atoms with van der Waals surface area (Å²) in [6.45, 7) is 2.07. The van der Waals surface area contributed by atoms with E-state index in [0.29, 0.717) is 6.42 Å². The van der Waals surface area contributed by atoms with Crippen LogP contribution in [0.3, 0.4) is 0 Å². The number of benzene rings is 1. The Balaban J connectivity index is 2.41. The number of esters is 1. The molecular formula is C14H16BrClO2. The molecule has 0 bridgehead atoms. The van der Waals surface area contributed by atoms with Gasteiger partial charge in [0.05, 0.1) is 0 Å². The molecule has 0 amide bonds. The average Bonchev–Trinajstić information content (AvgIpc) is 2.35. The molecule has 2 nitrogen and oxygen atoms in total. The first-order valence-electron chi connectivity index (χ1n) is 5.90. The fraction of sp³-hybridized carbons (Fsp3) is 0.357. The number of alkyl halides is 1. The maximum atomic E-state index is 11.5. The molecule has 1 atom stereocenters. The SMILES string of the molecule is CCCCC(Cl)OC(=O)/C=C/c1ccc(Br)cc1. The van der Waals surface area contributed by atoms with Gasteiger partial charge in [0.15, 0.2) is 5.56 Å². The fourth-order valence-corrected chi connectivity index (χ4v) is 1.83. The van der Waals surface area contributed by atoms with Gasteiger partial charge in [-0.15, -0.1) is 0 Å². The molecule has 0 spiro atoms. The molecule has 0 aliphatic carbocycles. The number of hydrogen-bond acceptors (Lipinski definition) is 2. The predicted molar refractivity (Wildman–Crippen MR) is 78.4 cm³/mol. The fourth-order valence-electron chi connectivity index (χ4n) is 1.33. The molecule has 1 aromatic carbocycles. The van der Waals surface area contributed by atoms with Crippen LogP contribution in [0.5, 0.6) is 0 Å². The normalized spacial score (nSPS) is 12.6. The minimum absolute atomic E-state index is 0.408. The highest BCUT2D eigenvalue weighted by Gasteiger charge is 2.07. The van der Waals surface area contributed by atoms with Crippen LogP contribution in [0.25, 0.3) is 6.08 Å². The quantitative estimate of drug-likeness (QED) is 0.427. The highest BCUT2D eigenvalue weighted by Crippen LogP contribution is 2.12. The first kappa shape index (κ1) is 15.3. The molecule has 0 aliphatic heterocycles. The van der Waals surface area contributed by atoms with E-state index in [1.807, 2.05) is 24.3 Å². The molecule has 1 unspecified atom stereocenters. The minimum Gasteiger partial charge on any atom is -0.443 e. The average molecular weight is 332 g/mol. The third kappa shape index (κ3) is 6.22. The summed E-state index contributed by atoms with van der Waals surface area (Å²) in [6, 6.07) is 7.64. The number of rotatable bonds is 6. The van der Waals surface area contributed by atoms with Gasteiger partial charge in [-0.25, -0.2) is 4.79 Å². The van der Waals surface area contributed by atoms with E-state index >= 15 is 0 Å². The van der Waals surface area contributed by atoms with Gasteiger partial charge in [-0.1, -0.05) is 53.0 Å². The van der Waals surface area contributed by atoms with Gasteiger partial charge in [-0.2, -0.15) is 0 Å². The van der Waals surface area contributed by atoms with Crippen LogP contribution in [0.15, 0.2) is 34.8 Å². The van der Waals surface area contributed by atoms with Crippen LogP contribution in [0.1, 0.15) is 31.7 Å². The molecule has 0 fully saturated rings. The van der Waals surface area contributed by atoms with Gasteiger partial charge in [0, 0.05) is 10.5 Å². The Hall–Kier alpha value is -0.800. The van der Waals surface area contributed by atoms with Crippen molar-refractivity contribution in [2.45, 2.75) is 31.7 Å². The zero-order valence-electron chi connectivity index (χ0n) is 10.2. The summed E-state index contributed by atoms with van der Waals surface area (Å²) in [5.41, 5.74) is 0.404. The Morgan fingerprint density at radius 2 is 2.11 bits per heavy atom. The molecule has 0 saturated heterocycles. The molecule has 0 radical (unpaired) electrons. The van der Waals surface area contributed by atoms with Crippen LogP contribution in [-0.2, 0) is 9.53 Å². The molecule has 4 heteroatoms. The monoisotopic (exact) mass is 330 g/mol. The zero-order valence-corrected chi connectivity index (χ0v) is 12.6. The lowest BCUT2D eigenvalue weighted by atomic mass is 10.2. The highest BCUT2D eigenvalue weighted by molar-refractivity contribution is 9.10. The molecular weight excluding hydrogens is 316 g/mol. The molecule has 98 valence electrons. The molecule has 1 aromatic rings. The van der Waals surface area contributed by atoms with Crippen molar-refractivity contribution >= 4 is 39.6 Å². The van der Waals surface area contributed by atoms with Crippen molar-refractivity contribution in [1.82, 2.24) is 0 Å². The lowest BCUT2D eigenvalue weighted by Crippen LogP contribution is -2.10.